The van der Waals surface area contributed by atoms with Crippen LogP contribution in [-0.2, 0) is 11.2 Å². The molecule has 0 spiro atoms. The monoisotopic (exact) mass is 293 g/mol. The summed E-state index contributed by atoms with van der Waals surface area (Å²) in [5.41, 5.74) is 1.15. The number of carbonyl (C=O) groups is 1. The second-order valence-corrected chi connectivity index (χ2v) is 4.78. The summed E-state index contributed by atoms with van der Waals surface area (Å²) in [6, 6.07) is 4.86. The Morgan fingerprint density at radius 3 is 2.76 bits per heavy atom. The molecule has 1 rings (SSSR count). The van der Waals surface area contributed by atoms with E-state index in [1.807, 2.05) is 19.0 Å². The first-order valence-electron chi connectivity index (χ1n) is 6.45. The highest BCUT2D eigenvalue weighted by Gasteiger charge is 2.13. The van der Waals surface area contributed by atoms with Gasteiger partial charge < -0.3 is 15.3 Å². The fourth-order valence-electron chi connectivity index (χ4n) is 1.71. The number of carboxylic acid groups (broad SMARTS) is 1. The molecule has 114 valence electrons. The minimum Gasteiger partial charge on any atom is -0.478 e. The first-order valence-corrected chi connectivity index (χ1v) is 6.45. The number of nitrogens with zero attached hydrogens (tertiary/aromatic N) is 2. The number of carboxylic acids is 1. The van der Waals surface area contributed by atoms with E-state index in [1.165, 1.54) is 12.1 Å². The van der Waals surface area contributed by atoms with E-state index >= 15 is 0 Å². The van der Waals surface area contributed by atoms with Crippen molar-refractivity contribution >= 4 is 17.3 Å². The quantitative estimate of drug-likeness (QED) is 0.431. The molecule has 7 nitrogen and oxygen atoms in total. The lowest BCUT2D eigenvalue weighted by Crippen LogP contribution is -2.21. The predicted octanol–water partition coefficient (Wildman–Crippen LogP) is 1.75. The van der Waals surface area contributed by atoms with Gasteiger partial charge in [0.25, 0.3) is 5.69 Å². The molecule has 1 aromatic rings. The molecule has 0 atom stereocenters. The van der Waals surface area contributed by atoms with E-state index in [4.69, 9.17) is 5.11 Å². The number of nitro groups is 1. The Morgan fingerprint density at radius 1 is 1.48 bits per heavy atom. The molecule has 0 aliphatic rings. The molecule has 0 aromatic heterocycles. The van der Waals surface area contributed by atoms with Crippen LogP contribution in [0.5, 0.6) is 0 Å². The Morgan fingerprint density at radius 2 is 2.19 bits per heavy atom. The van der Waals surface area contributed by atoms with E-state index in [1.54, 1.807) is 12.1 Å². The van der Waals surface area contributed by atoms with Gasteiger partial charge in [-0.1, -0.05) is 12.1 Å². The average molecular weight is 293 g/mol. The third-order valence-corrected chi connectivity index (χ3v) is 2.75. The SMILES string of the molecule is CN(C)CCNc1ccc(CC=CC(=O)O)cc1[N+](=O)[O-]. The van der Waals surface area contributed by atoms with E-state index in [2.05, 4.69) is 5.32 Å². The predicted molar refractivity (Wildman–Crippen MR) is 80.6 cm³/mol. The van der Waals surface area contributed by atoms with Crippen molar-refractivity contribution in [2.24, 2.45) is 0 Å². The van der Waals surface area contributed by atoms with Crippen LogP contribution in [0.4, 0.5) is 11.4 Å². The maximum atomic E-state index is 11.1. The molecule has 0 saturated carbocycles. The number of benzene rings is 1. The van der Waals surface area contributed by atoms with Crippen molar-refractivity contribution in [3.8, 4) is 0 Å². The Kier molecular flexibility index (Phi) is 6.35. The first kappa shape index (κ1) is 16.6. The lowest BCUT2D eigenvalue weighted by Gasteiger charge is -2.12. The third kappa shape index (κ3) is 6.05. The molecule has 0 heterocycles. The van der Waals surface area contributed by atoms with Crippen LogP contribution in [0.3, 0.4) is 0 Å². The fourth-order valence-corrected chi connectivity index (χ4v) is 1.71. The molecule has 0 bridgehead atoms. The number of rotatable bonds is 8. The summed E-state index contributed by atoms with van der Waals surface area (Å²) in [7, 11) is 3.85. The van der Waals surface area contributed by atoms with E-state index in [0.29, 0.717) is 24.2 Å². The number of likely N-dealkylation sites (N-methyl/N-ethyl adjacent to an activating group) is 1. The van der Waals surface area contributed by atoms with E-state index in [-0.39, 0.29) is 5.69 Å². The Hall–Kier alpha value is -2.41. The summed E-state index contributed by atoms with van der Waals surface area (Å²) >= 11 is 0. The van der Waals surface area contributed by atoms with Crippen LogP contribution in [0.1, 0.15) is 5.56 Å². The van der Waals surface area contributed by atoms with Crippen molar-refractivity contribution in [1.29, 1.82) is 0 Å². The molecule has 0 amide bonds. The molecular weight excluding hydrogens is 274 g/mol. The van der Waals surface area contributed by atoms with Gasteiger partial charge in [0.05, 0.1) is 4.92 Å². The third-order valence-electron chi connectivity index (χ3n) is 2.75. The van der Waals surface area contributed by atoms with Crippen molar-refractivity contribution in [2.45, 2.75) is 6.42 Å². The first-order chi connectivity index (χ1) is 9.90. The number of aliphatic carboxylic acids is 1. The van der Waals surface area contributed by atoms with E-state index < -0.39 is 10.9 Å². The molecule has 21 heavy (non-hydrogen) atoms. The number of anilines is 1. The number of allylic oxidation sites excluding steroid dienone is 1. The van der Waals surface area contributed by atoms with Crippen molar-refractivity contribution in [1.82, 2.24) is 4.90 Å². The van der Waals surface area contributed by atoms with Crippen molar-refractivity contribution in [3.05, 3.63) is 46.0 Å². The number of hydrogen-bond acceptors (Lipinski definition) is 5. The second kappa shape index (κ2) is 8.01. The fraction of sp³-hybridized carbons (Fsp3) is 0.357. The van der Waals surface area contributed by atoms with Crippen LogP contribution >= 0.6 is 0 Å². The summed E-state index contributed by atoms with van der Waals surface area (Å²) in [6.45, 7) is 1.37. The highest BCUT2D eigenvalue weighted by Crippen LogP contribution is 2.25. The molecule has 0 unspecified atom stereocenters. The van der Waals surface area contributed by atoms with Gasteiger partial charge >= 0.3 is 5.97 Å². The van der Waals surface area contributed by atoms with Gasteiger partial charge in [-0.15, -0.1) is 0 Å². The van der Waals surface area contributed by atoms with E-state index in [9.17, 15) is 14.9 Å². The van der Waals surface area contributed by atoms with Gasteiger partial charge in [0.1, 0.15) is 5.69 Å². The van der Waals surface area contributed by atoms with Crippen LogP contribution in [0.25, 0.3) is 0 Å². The zero-order valence-electron chi connectivity index (χ0n) is 12.1. The van der Waals surface area contributed by atoms with Gasteiger partial charge in [0.15, 0.2) is 0 Å². The molecule has 1 aromatic carbocycles. The Labute approximate surface area is 123 Å². The summed E-state index contributed by atoms with van der Waals surface area (Å²) in [6.07, 6.45) is 2.82. The summed E-state index contributed by atoms with van der Waals surface area (Å²) in [4.78, 5) is 23.0. The van der Waals surface area contributed by atoms with Crippen LogP contribution in [0, 0.1) is 10.1 Å². The normalized spacial score (nSPS) is 11.0. The van der Waals surface area contributed by atoms with Crippen molar-refractivity contribution in [3.63, 3.8) is 0 Å². The minimum atomic E-state index is -1.04. The second-order valence-electron chi connectivity index (χ2n) is 4.78. The zero-order chi connectivity index (χ0) is 15.8. The van der Waals surface area contributed by atoms with Crippen molar-refractivity contribution < 1.29 is 14.8 Å². The topological polar surface area (TPSA) is 95.7 Å². The minimum absolute atomic E-state index is 0.00465. The van der Waals surface area contributed by atoms with Crippen LogP contribution in [0.2, 0.25) is 0 Å². The summed E-state index contributed by atoms with van der Waals surface area (Å²) < 4.78 is 0. The number of hydrogen-bond donors (Lipinski definition) is 2. The summed E-state index contributed by atoms with van der Waals surface area (Å²) in [5.74, 6) is -1.04. The average Bonchev–Trinajstić information content (AvgIpc) is 2.39. The standard InChI is InChI=1S/C14H19N3O4/c1-16(2)9-8-15-12-7-6-11(4-3-5-14(18)19)10-13(12)17(20)21/h3,5-7,10,15H,4,8-9H2,1-2H3,(H,18,19). The number of nitro benzene ring substituents is 1. The van der Waals surface area contributed by atoms with Crippen LogP contribution in [-0.4, -0.2) is 48.1 Å². The Bertz CT molecular complexity index is 541. The molecule has 0 aliphatic carbocycles. The zero-order valence-corrected chi connectivity index (χ0v) is 12.1. The lowest BCUT2D eigenvalue weighted by atomic mass is 10.1. The van der Waals surface area contributed by atoms with E-state index in [0.717, 1.165) is 12.6 Å². The Balaban J connectivity index is 2.81. The molecule has 7 heteroatoms. The van der Waals surface area contributed by atoms with Gasteiger partial charge in [-0.05, 0) is 32.1 Å². The maximum absolute atomic E-state index is 11.1. The highest BCUT2D eigenvalue weighted by molar-refractivity contribution is 5.79. The van der Waals surface area contributed by atoms with Gasteiger partial charge in [-0.25, -0.2) is 4.79 Å². The van der Waals surface area contributed by atoms with Crippen LogP contribution < -0.4 is 5.32 Å². The molecule has 2 N–H and O–H groups in total. The van der Waals surface area contributed by atoms with Gasteiger partial charge in [-0.2, -0.15) is 0 Å². The summed E-state index contributed by atoms with van der Waals surface area (Å²) in [5, 5.41) is 22.6. The lowest BCUT2D eigenvalue weighted by molar-refractivity contribution is -0.384. The molecule has 0 fully saturated rings. The van der Waals surface area contributed by atoms with Crippen LogP contribution in [0.15, 0.2) is 30.4 Å². The molecule has 0 aliphatic heterocycles. The highest BCUT2D eigenvalue weighted by atomic mass is 16.6. The van der Waals surface area contributed by atoms with Gasteiger partial charge in [0.2, 0.25) is 0 Å². The smallest absolute Gasteiger partial charge is 0.327 e. The number of nitrogens with one attached hydrogen (secondary N) is 1. The van der Waals surface area contributed by atoms with Crippen molar-refractivity contribution in [2.75, 3.05) is 32.5 Å². The maximum Gasteiger partial charge on any atom is 0.327 e. The van der Waals surface area contributed by atoms with Gasteiger partial charge in [0, 0.05) is 25.2 Å². The molecular formula is C14H19N3O4. The van der Waals surface area contributed by atoms with Gasteiger partial charge in [-0.3, -0.25) is 10.1 Å². The molecule has 0 saturated heterocycles. The molecule has 0 radical (unpaired) electrons. The largest absolute Gasteiger partial charge is 0.478 e.